The molecule has 0 bridgehead atoms. The van der Waals surface area contributed by atoms with Crippen molar-refractivity contribution in [2.75, 3.05) is 49.6 Å². The van der Waals surface area contributed by atoms with Gasteiger partial charge in [-0.3, -0.25) is 0 Å². The number of ether oxygens (including phenoxy) is 1. The van der Waals surface area contributed by atoms with Crippen LogP contribution in [0.3, 0.4) is 0 Å². The van der Waals surface area contributed by atoms with Gasteiger partial charge in [0, 0.05) is 31.9 Å². The highest BCUT2D eigenvalue weighted by atomic mass is 16.5. The summed E-state index contributed by atoms with van der Waals surface area (Å²) in [6.45, 7) is 5.39. The first kappa shape index (κ1) is 12.6. The van der Waals surface area contributed by atoms with Crippen molar-refractivity contribution in [3.8, 4) is 0 Å². The van der Waals surface area contributed by atoms with E-state index in [2.05, 4.69) is 25.5 Å². The Kier molecular flexibility index (Phi) is 4.10. The first-order chi connectivity index (χ1) is 9.42. The maximum Gasteiger partial charge on any atom is 0.227 e. The molecular formula is C13H21N5O. The van der Waals surface area contributed by atoms with Crippen LogP contribution in [-0.2, 0) is 4.74 Å². The first-order valence-electron chi connectivity index (χ1n) is 7.05. The number of rotatable bonds is 3. The molecule has 1 aromatic heterocycles. The number of anilines is 2. The van der Waals surface area contributed by atoms with Gasteiger partial charge in [0.05, 0.1) is 13.2 Å². The van der Waals surface area contributed by atoms with Gasteiger partial charge in [0.1, 0.15) is 5.82 Å². The van der Waals surface area contributed by atoms with E-state index in [1.165, 1.54) is 12.8 Å². The molecule has 2 saturated heterocycles. The maximum atomic E-state index is 5.35. The molecule has 0 aromatic carbocycles. The zero-order valence-corrected chi connectivity index (χ0v) is 11.1. The van der Waals surface area contributed by atoms with Crippen LogP contribution in [0.5, 0.6) is 0 Å². The van der Waals surface area contributed by atoms with Crippen LogP contribution in [-0.4, -0.2) is 55.4 Å². The molecule has 0 aliphatic carbocycles. The quantitative estimate of drug-likeness (QED) is 0.827. The van der Waals surface area contributed by atoms with E-state index in [0.29, 0.717) is 6.04 Å². The second kappa shape index (κ2) is 6.16. The van der Waals surface area contributed by atoms with Gasteiger partial charge in [-0.2, -0.15) is 4.98 Å². The summed E-state index contributed by atoms with van der Waals surface area (Å²) < 4.78 is 5.35. The largest absolute Gasteiger partial charge is 0.378 e. The van der Waals surface area contributed by atoms with Crippen LogP contribution in [0.1, 0.15) is 12.8 Å². The van der Waals surface area contributed by atoms with Crippen molar-refractivity contribution in [2.24, 2.45) is 0 Å². The Hall–Kier alpha value is -1.40. The highest BCUT2D eigenvalue weighted by molar-refractivity contribution is 5.42. The SMILES string of the molecule is c1cc(NC2CCCNC2)nc(N2CCOCC2)n1. The van der Waals surface area contributed by atoms with Gasteiger partial charge < -0.3 is 20.3 Å². The van der Waals surface area contributed by atoms with Crippen LogP contribution in [0, 0.1) is 0 Å². The molecule has 6 nitrogen and oxygen atoms in total. The molecule has 1 unspecified atom stereocenters. The van der Waals surface area contributed by atoms with Crippen LogP contribution in [0.15, 0.2) is 12.3 Å². The molecule has 2 N–H and O–H groups in total. The minimum absolute atomic E-state index is 0.473. The first-order valence-corrected chi connectivity index (χ1v) is 7.05. The van der Waals surface area contributed by atoms with Crippen LogP contribution in [0.4, 0.5) is 11.8 Å². The summed E-state index contributed by atoms with van der Waals surface area (Å²) in [6.07, 6.45) is 4.25. The van der Waals surface area contributed by atoms with E-state index in [4.69, 9.17) is 4.74 Å². The van der Waals surface area contributed by atoms with E-state index >= 15 is 0 Å². The molecular weight excluding hydrogens is 242 g/mol. The fourth-order valence-corrected chi connectivity index (χ4v) is 2.53. The van der Waals surface area contributed by atoms with Gasteiger partial charge in [0.15, 0.2) is 0 Å². The third-order valence-corrected chi connectivity index (χ3v) is 3.59. The molecule has 0 saturated carbocycles. The fourth-order valence-electron chi connectivity index (χ4n) is 2.53. The highest BCUT2D eigenvalue weighted by Gasteiger charge is 2.16. The molecule has 3 rings (SSSR count). The molecule has 2 aliphatic heterocycles. The van der Waals surface area contributed by atoms with Gasteiger partial charge in [-0.15, -0.1) is 0 Å². The number of nitrogens with zero attached hydrogens (tertiary/aromatic N) is 3. The van der Waals surface area contributed by atoms with Crippen LogP contribution < -0.4 is 15.5 Å². The van der Waals surface area contributed by atoms with Crippen molar-refractivity contribution in [2.45, 2.75) is 18.9 Å². The van der Waals surface area contributed by atoms with Crippen molar-refractivity contribution < 1.29 is 4.74 Å². The number of aromatic nitrogens is 2. The average molecular weight is 263 g/mol. The third-order valence-electron chi connectivity index (χ3n) is 3.59. The van der Waals surface area contributed by atoms with E-state index in [1.54, 1.807) is 0 Å². The molecule has 19 heavy (non-hydrogen) atoms. The molecule has 0 spiro atoms. The Balaban J connectivity index is 1.64. The Morgan fingerprint density at radius 3 is 3.05 bits per heavy atom. The smallest absolute Gasteiger partial charge is 0.227 e. The van der Waals surface area contributed by atoms with Crippen molar-refractivity contribution in [1.82, 2.24) is 15.3 Å². The predicted octanol–water partition coefficient (Wildman–Crippen LogP) is 0.477. The summed E-state index contributed by atoms with van der Waals surface area (Å²) in [5, 5.41) is 6.89. The van der Waals surface area contributed by atoms with E-state index in [9.17, 15) is 0 Å². The van der Waals surface area contributed by atoms with Gasteiger partial charge >= 0.3 is 0 Å². The van der Waals surface area contributed by atoms with Crippen LogP contribution in [0.25, 0.3) is 0 Å². The lowest BCUT2D eigenvalue weighted by Crippen LogP contribution is -2.39. The average Bonchev–Trinajstić information content (AvgIpc) is 2.49. The van der Waals surface area contributed by atoms with E-state index in [-0.39, 0.29) is 0 Å². The Morgan fingerprint density at radius 2 is 2.26 bits per heavy atom. The summed E-state index contributed by atoms with van der Waals surface area (Å²) in [5.74, 6) is 1.72. The third kappa shape index (κ3) is 3.33. The minimum Gasteiger partial charge on any atom is -0.378 e. The summed E-state index contributed by atoms with van der Waals surface area (Å²) >= 11 is 0. The lowest BCUT2D eigenvalue weighted by molar-refractivity contribution is 0.122. The van der Waals surface area contributed by atoms with Crippen molar-refractivity contribution in [1.29, 1.82) is 0 Å². The fraction of sp³-hybridized carbons (Fsp3) is 0.692. The van der Waals surface area contributed by atoms with Gasteiger partial charge in [-0.1, -0.05) is 0 Å². The Bertz CT molecular complexity index is 402. The Morgan fingerprint density at radius 1 is 1.37 bits per heavy atom. The zero-order valence-electron chi connectivity index (χ0n) is 11.1. The van der Waals surface area contributed by atoms with E-state index in [0.717, 1.165) is 51.2 Å². The number of morpholine rings is 1. The predicted molar refractivity (Wildman–Crippen MR) is 74.6 cm³/mol. The van der Waals surface area contributed by atoms with Gasteiger partial charge in [-0.25, -0.2) is 4.98 Å². The van der Waals surface area contributed by atoms with Gasteiger partial charge in [0.2, 0.25) is 5.95 Å². The summed E-state index contributed by atoms with van der Waals surface area (Å²) in [6, 6.07) is 2.42. The van der Waals surface area contributed by atoms with Gasteiger partial charge in [0.25, 0.3) is 0 Å². The molecule has 0 radical (unpaired) electrons. The number of nitrogens with one attached hydrogen (secondary N) is 2. The molecule has 2 aliphatic rings. The normalized spacial score (nSPS) is 24.2. The van der Waals surface area contributed by atoms with Crippen LogP contribution >= 0.6 is 0 Å². The number of hydrogen-bond donors (Lipinski definition) is 2. The number of hydrogen-bond acceptors (Lipinski definition) is 6. The molecule has 3 heterocycles. The standard InChI is InChI=1S/C13H21N5O/c1-2-11(10-14-4-1)16-12-3-5-15-13(17-12)18-6-8-19-9-7-18/h3,5,11,14H,1-2,4,6-10H2,(H,15,16,17). The van der Waals surface area contributed by atoms with E-state index < -0.39 is 0 Å². The molecule has 104 valence electrons. The second-order valence-electron chi connectivity index (χ2n) is 5.03. The van der Waals surface area contributed by atoms with Crippen molar-refractivity contribution in [3.05, 3.63) is 12.3 Å². The zero-order chi connectivity index (χ0) is 12.9. The second-order valence-corrected chi connectivity index (χ2v) is 5.03. The maximum absolute atomic E-state index is 5.35. The van der Waals surface area contributed by atoms with E-state index in [1.807, 2.05) is 12.3 Å². The highest BCUT2D eigenvalue weighted by Crippen LogP contribution is 2.14. The molecule has 0 amide bonds. The topological polar surface area (TPSA) is 62.3 Å². The molecule has 2 fully saturated rings. The van der Waals surface area contributed by atoms with Crippen LogP contribution in [0.2, 0.25) is 0 Å². The van der Waals surface area contributed by atoms with Crippen molar-refractivity contribution >= 4 is 11.8 Å². The summed E-state index contributed by atoms with van der Waals surface area (Å²) in [7, 11) is 0. The number of piperidine rings is 1. The minimum atomic E-state index is 0.473. The van der Waals surface area contributed by atoms with Crippen molar-refractivity contribution in [3.63, 3.8) is 0 Å². The molecule has 6 heteroatoms. The molecule has 1 atom stereocenters. The monoisotopic (exact) mass is 263 g/mol. The summed E-state index contributed by atoms with van der Waals surface area (Å²) in [4.78, 5) is 11.1. The van der Waals surface area contributed by atoms with Gasteiger partial charge in [-0.05, 0) is 25.5 Å². The summed E-state index contributed by atoms with van der Waals surface area (Å²) in [5.41, 5.74) is 0. The molecule has 1 aromatic rings. The lowest BCUT2D eigenvalue weighted by atomic mass is 10.1. The lowest BCUT2D eigenvalue weighted by Gasteiger charge is -2.28. The Labute approximate surface area is 113 Å².